The van der Waals surface area contributed by atoms with Crippen LogP contribution >= 0.6 is 0 Å². The van der Waals surface area contributed by atoms with Crippen molar-refractivity contribution in [3.63, 3.8) is 0 Å². The minimum atomic E-state index is -0.350. The highest BCUT2D eigenvalue weighted by atomic mass is 16.6. The molecule has 1 heterocycles. The molecule has 21 heavy (non-hydrogen) atoms. The molecule has 0 amide bonds. The van der Waals surface area contributed by atoms with Crippen LogP contribution in [0.25, 0.3) is 0 Å². The van der Waals surface area contributed by atoms with Gasteiger partial charge in [-0.25, -0.2) is 4.98 Å². The standard InChI is InChI=1S/C14H21N5O2/c1-9-12(19(20)21)13(17-14(15-2)16-9)18(7-10-3-4-10)8-11-5-6-11/h10-11H,3-8H2,1-2H3,(H,15,16,17). The van der Waals surface area contributed by atoms with Crippen molar-refractivity contribution < 1.29 is 4.92 Å². The lowest BCUT2D eigenvalue weighted by Crippen LogP contribution is -2.30. The zero-order valence-corrected chi connectivity index (χ0v) is 12.5. The SMILES string of the molecule is CNc1nc(C)c([N+](=O)[O-])c(N(CC2CC2)CC2CC2)n1. The highest BCUT2D eigenvalue weighted by Crippen LogP contribution is 2.38. The van der Waals surface area contributed by atoms with Crippen molar-refractivity contribution in [2.45, 2.75) is 32.6 Å². The van der Waals surface area contributed by atoms with Gasteiger partial charge in [-0.1, -0.05) is 0 Å². The van der Waals surface area contributed by atoms with Crippen molar-refractivity contribution in [2.24, 2.45) is 11.8 Å². The zero-order chi connectivity index (χ0) is 15.0. The van der Waals surface area contributed by atoms with Gasteiger partial charge in [0.15, 0.2) is 0 Å². The molecule has 0 saturated heterocycles. The lowest BCUT2D eigenvalue weighted by Gasteiger charge is -2.24. The molecule has 2 aliphatic carbocycles. The van der Waals surface area contributed by atoms with E-state index in [0.29, 0.717) is 29.3 Å². The number of nitro groups is 1. The Bertz CT molecular complexity index is 541. The Labute approximate surface area is 123 Å². The minimum Gasteiger partial charge on any atom is -0.357 e. The molecule has 0 bridgehead atoms. The van der Waals surface area contributed by atoms with Gasteiger partial charge in [-0.05, 0) is 44.4 Å². The van der Waals surface area contributed by atoms with Gasteiger partial charge in [-0.3, -0.25) is 10.1 Å². The zero-order valence-electron chi connectivity index (χ0n) is 12.5. The van der Waals surface area contributed by atoms with Gasteiger partial charge in [0.1, 0.15) is 5.69 Å². The fraction of sp³-hybridized carbons (Fsp3) is 0.714. The Morgan fingerprint density at radius 2 is 1.81 bits per heavy atom. The summed E-state index contributed by atoms with van der Waals surface area (Å²) in [6.45, 7) is 3.42. The van der Waals surface area contributed by atoms with E-state index in [9.17, 15) is 10.1 Å². The molecule has 0 atom stereocenters. The van der Waals surface area contributed by atoms with Gasteiger partial charge < -0.3 is 10.2 Å². The molecule has 7 nitrogen and oxygen atoms in total. The molecule has 2 fully saturated rings. The molecule has 1 N–H and O–H groups in total. The summed E-state index contributed by atoms with van der Waals surface area (Å²) in [4.78, 5) is 21.7. The van der Waals surface area contributed by atoms with Crippen molar-refractivity contribution in [1.29, 1.82) is 0 Å². The van der Waals surface area contributed by atoms with Crippen LogP contribution in [0.4, 0.5) is 17.5 Å². The van der Waals surface area contributed by atoms with Crippen LogP contribution in [0.5, 0.6) is 0 Å². The quantitative estimate of drug-likeness (QED) is 0.613. The molecule has 1 aromatic heterocycles. The van der Waals surface area contributed by atoms with Crippen LogP contribution in [0.1, 0.15) is 31.4 Å². The van der Waals surface area contributed by atoms with Crippen LogP contribution in [-0.2, 0) is 0 Å². The highest BCUT2D eigenvalue weighted by molar-refractivity contribution is 5.62. The topological polar surface area (TPSA) is 84.2 Å². The Balaban J connectivity index is 1.97. The van der Waals surface area contributed by atoms with Gasteiger partial charge in [0.25, 0.3) is 0 Å². The van der Waals surface area contributed by atoms with Crippen molar-refractivity contribution in [3.8, 4) is 0 Å². The summed E-state index contributed by atoms with van der Waals surface area (Å²) >= 11 is 0. The Morgan fingerprint density at radius 1 is 1.24 bits per heavy atom. The lowest BCUT2D eigenvalue weighted by atomic mass is 10.2. The van der Waals surface area contributed by atoms with E-state index >= 15 is 0 Å². The smallest absolute Gasteiger partial charge is 0.332 e. The number of aromatic nitrogens is 2. The van der Waals surface area contributed by atoms with Crippen molar-refractivity contribution in [2.75, 3.05) is 30.4 Å². The molecule has 114 valence electrons. The molecule has 1 aromatic rings. The number of rotatable bonds is 7. The first kappa shape index (κ1) is 14.0. The van der Waals surface area contributed by atoms with Gasteiger partial charge >= 0.3 is 5.69 Å². The number of hydrogen-bond acceptors (Lipinski definition) is 6. The van der Waals surface area contributed by atoms with E-state index in [2.05, 4.69) is 20.2 Å². The number of anilines is 2. The molecule has 0 spiro atoms. The summed E-state index contributed by atoms with van der Waals surface area (Å²) < 4.78 is 0. The van der Waals surface area contributed by atoms with Gasteiger partial charge in [-0.15, -0.1) is 0 Å². The van der Waals surface area contributed by atoms with Crippen LogP contribution in [0.2, 0.25) is 0 Å². The first-order chi connectivity index (χ1) is 10.1. The average Bonchev–Trinajstić information content (AvgIpc) is 3.31. The van der Waals surface area contributed by atoms with Crippen LogP contribution in [0, 0.1) is 28.9 Å². The third-order valence-corrected chi connectivity index (χ3v) is 4.10. The normalized spacial score (nSPS) is 17.6. The van der Waals surface area contributed by atoms with Crippen LogP contribution in [0.15, 0.2) is 0 Å². The van der Waals surface area contributed by atoms with Crippen molar-refractivity contribution in [3.05, 3.63) is 15.8 Å². The second kappa shape index (κ2) is 5.46. The Morgan fingerprint density at radius 3 is 2.24 bits per heavy atom. The minimum absolute atomic E-state index is 0.0512. The van der Waals surface area contributed by atoms with E-state index in [0.717, 1.165) is 13.1 Å². The van der Waals surface area contributed by atoms with Crippen molar-refractivity contribution >= 4 is 17.5 Å². The maximum absolute atomic E-state index is 11.4. The molecule has 0 radical (unpaired) electrons. The van der Waals surface area contributed by atoms with Crippen LogP contribution in [0.3, 0.4) is 0 Å². The molecule has 0 aromatic carbocycles. The molecule has 3 rings (SSSR count). The number of aryl methyl sites for hydroxylation is 1. The van der Waals surface area contributed by atoms with Crippen LogP contribution < -0.4 is 10.2 Å². The van der Waals surface area contributed by atoms with E-state index < -0.39 is 0 Å². The second-order valence-electron chi connectivity index (χ2n) is 6.10. The molecular weight excluding hydrogens is 270 g/mol. The monoisotopic (exact) mass is 291 g/mol. The number of nitrogens with zero attached hydrogens (tertiary/aromatic N) is 4. The molecule has 0 aliphatic heterocycles. The maximum Gasteiger partial charge on any atom is 0.332 e. The fourth-order valence-corrected chi connectivity index (χ4v) is 2.57. The maximum atomic E-state index is 11.4. The predicted molar refractivity (Wildman–Crippen MR) is 80.6 cm³/mol. The third-order valence-electron chi connectivity index (χ3n) is 4.10. The predicted octanol–water partition coefficient (Wildman–Crippen LogP) is 2.36. The van der Waals surface area contributed by atoms with E-state index in [1.807, 2.05) is 0 Å². The summed E-state index contributed by atoms with van der Waals surface area (Å²) in [5, 5.41) is 14.3. The van der Waals surface area contributed by atoms with E-state index in [1.165, 1.54) is 25.7 Å². The average molecular weight is 291 g/mol. The second-order valence-corrected chi connectivity index (χ2v) is 6.10. The molecular formula is C14H21N5O2. The molecule has 2 aliphatic rings. The molecule has 7 heteroatoms. The Kier molecular flexibility index (Phi) is 3.65. The van der Waals surface area contributed by atoms with Crippen molar-refractivity contribution in [1.82, 2.24) is 9.97 Å². The fourth-order valence-electron chi connectivity index (χ4n) is 2.57. The molecule has 2 saturated carbocycles. The first-order valence-electron chi connectivity index (χ1n) is 7.54. The number of nitrogens with one attached hydrogen (secondary N) is 1. The molecule has 0 unspecified atom stereocenters. The van der Waals surface area contributed by atoms with E-state index in [-0.39, 0.29) is 10.6 Å². The lowest BCUT2D eigenvalue weighted by molar-refractivity contribution is -0.385. The van der Waals surface area contributed by atoms with E-state index in [4.69, 9.17) is 0 Å². The highest BCUT2D eigenvalue weighted by Gasteiger charge is 2.34. The summed E-state index contributed by atoms with van der Waals surface area (Å²) in [6, 6.07) is 0. The van der Waals surface area contributed by atoms with Crippen LogP contribution in [-0.4, -0.2) is 35.0 Å². The largest absolute Gasteiger partial charge is 0.357 e. The van der Waals surface area contributed by atoms with Gasteiger partial charge in [0, 0.05) is 20.1 Å². The summed E-state index contributed by atoms with van der Waals surface area (Å²) in [5.41, 5.74) is 0.473. The Hall–Kier alpha value is -1.92. The number of hydrogen-bond donors (Lipinski definition) is 1. The summed E-state index contributed by atoms with van der Waals surface area (Å²) in [5.74, 6) is 2.26. The third kappa shape index (κ3) is 3.22. The van der Waals surface area contributed by atoms with Gasteiger partial charge in [0.05, 0.1) is 4.92 Å². The van der Waals surface area contributed by atoms with Gasteiger partial charge in [-0.2, -0.15) is 4.98 Å². The summed E-state index contributed by atoms with van der Waals surface area (Å²) in [7, 11) is 1.73. The van der Waals surface area contributed by atoms with Gasteiger partial charge in [0.2, 0.25) is 11.8 Å². The summed E-state index contributed by atoms with van der Waals surface area (Å²) in [6.07, 6.45) is 4.88. The first-order valence-corrected chi connectivity index (χ1v) is 7.54. The van der Waals surface area contributed by atoms with E-state index in [1.54, 1.807) is 14.0 Å².